The maximum absolute atomic E-state index is 4.42. The second-order valence-electron chi connectivity index (χ2n) is 3.02. The lowest BCUT2D eigenvalue weighted by molar-refractivity contribution is 0.606. The van der Waals surface area contributed by atoms with Crippen LogP contribution in [0.3, 0.4) is 0 Å². The summed E-state index contributed by atoms with van der Waals surface area (Å²) in [5, 5.41) is 7.57. The van der Waals surface area contributed by atoms with Crippen LogP contribution in [0.4, 0.5) is 0 Å². The maximum Gasteiger partial charge on any atom is 0.0738 e. The lowest BCUT2D eigenvalue weighted by Crippen LogP contribution is -2.13. The first kappa shape index (κ1) is 10.7. The van der Waals surface area contributed by atoms with Crippen LogP contribution in [0.1, 0.15) is 18.3 Å². The van der Waals surface area contributed by atoms with E-state index in [1.807, 2.05) is 14.0 Å². The van der Waals surface area contributed by atoms with Crippen LogP contribution in [0.2, 0.25) is 0 Å². The van der Waals surface area contributed by atoms with Gasteiger partial charge in [-0.15, -0.1) is 0 Å². The molecule has 0 saturated carbocycles. The molecule has 1 aromatic heterocycles. The van der Waals surface area contributed by atoms with E-state index < -0.39 is 0 Å². The number of hydrogen-bond acceptors (Lipinski definition) is 2. The van der Waals surface area contributed by atoms with E-state index in [0.29, 0.717) is 0 Å². The van der Waals surface area contributed by atoms with E-state index in [0.717, 1.165) is 29.7 Å². The number of hydrogen-bond donors (Lipinski definition) is 1. The van der Waals surface area contributed by atoms with Gasteiger partial charge in [-0.25, -0.2) is 0 Å². The minimum Gasteiger partial charge on any atom is -0.319 e. The van der Waals surface area contributed by atoms with E-state index >= 15 is 0 Å². The SMILES string of the molecule is CCn1nc(C)c(Br)c1CCNC. The molecule has 1 N–H and O–H groups in total. The van der Waals surface area contributed by atoms with Crippen LogP contribution < -0.4 is 5.32 Å². The number of aryl methyl sites for hydroxylation is 2. The van der Waals surface area contributed by atoms with Crippen LogP contribution in [0.5, 0.6) is 0 Å². The van der Waals surface area contributed by atoms with Gasteiger partial charge in [-0.1, -0.05) is 0 Å². The van der Waals surface area contributed by atoms with E-state index in [1.54, 1.807) is 0 Å². The molecule has 0 saturated heterocycles. The Labute approximate surface area is 87.6 Å². The molecule has 0 aromatic carbocycles. The quantitative estimate of drug-likeness (QED) is 0.876. The molecule has 0 amide bonds. The smallest absolute Gasteiger partial charge is 0.0738 e. The molecule has 13 heavy (non-hydrogen) atoms. The largest absolute Gasteiger partial charge is 0.319 e. The van der Waals surface area contributed by atoms with Crippen LogP contribution in [-0.2, 0) is 13.0 Å². The first-order valence-corrected chi connectivity index (χ1v) is 5.36. The summed E-state index contributed by atoms with van der Waals surface area (Å²) in [6.45, 7) is 6.07. The van der Waals surface area contributed by atoms with Crippen molar-refractivity contribution >= 4 is 15.9 Å². The maximum atomic E-state index is 4.42. The molecule has 0 aliphatic carbocycles. The molecule has 0 aliphatic heterocycles. The molecule has 0 unspecified atom stereocenters. The Morgan fingerprint density at radius 2 is 2.23 bits per heavy atom. The third-order valence-electron chi connectivity index (χ3n) is 2.06. The van der Waals surface area contributed by atoms with Crippen molar-refractivity contribution in [3.63, 3.8) is 0 Å². The number of nitrogens with one attached hydrogen (secondary N) is 1. The van der Waals surface area contributed by atoms with E-state index in [9.17, 15) is 0 Å². The summed E-state index contributed by atoms with van der Waals surface area (Å²) in [4.78, 5) is 0. The van der Waals surface area contributed by atoms with Crippen molar-refractivity contribution in [2.75, 3.05) is 13.6 Å². The zero-order valence-electron chi connectivity index (χ0n) is 8.39. The van der Waals surface area contributed by atoms with E-state index in [1.165, 1.54) is 5.69 Å². The van der Waals surface area contributed by atoms with Crippen LogP contribution in [0, 0.1) is 6.92 Å². The fourth-order valence-electron chi connectivity index (χ4n) is 1.35. The summed E-state index contributed by atoms with van der Waals surface area (Å²) in [5.41, 5.74) is 2.36. The highest BCUT2D eigenvalue weighted by atomic mass is 79.9. The third-order valence-corrected chi connectivity index (χ3v) is 3.10. The van der Waals surface area contributed by atoms with Crippen molar-refractivity contribution in [3.05, 3.63) is 15.9 Å². The zero-order chi connectivity index (χ0) is 9.84. The molecule has 3 nitrogen and oxygen atoms in total. The summed E-state index contributed by atoms with van der Waals surface area (Å²) in [5.74, 6) is 0. The van der Waals surface area contributed by atoms with Gasteiger partial charge in [0, 0.05) is 19.5 Å². The van der Waals surface area contributed by atoms with Crippen molar-refractivity contribution in [1.82, 2.24) is 15.1 Å². The minimum atomic E-state index is 0.936. The Hall–Kier alpha value is -0.350. The van der Waals surface area contributed by atoms with Crippen molar-refractivity contribution in [3.8, 4) is 0 Å². The topological polar surface area (TPSA) is 29.9 Å². The molecule has 4 heteroatoms. The molecule has 1 heterocycles. The Kier molecular flexibility index (Phi) is 3.93. The fourth-order valence-corrected chi connectivity index (χ4v) is 1.83. The van der Waals surface area contributed by atoms with Gasteiger partial charge in [0.1, 0.15) is 0 Å². The standard InChI is InChI=1S/C9H16BrN3/c1-4-13-8(5-6-11-3)9(10)7(2)12-13/h11H,4-6H2,1-3H3. The van der Waals surface area contributed by atoms with Crippen LogP contribution in [0.25, 0.3) is 0 Å². The van der Waals surface area contributed by atoms with Gasteiger partial charge in [-0.2, -0.15) is 5.10 Å². The highest BCUT2D eigenvalue weighted by molar-refractivity contribution is 9.10. The number of halogens is 1. The number of rotatable bonds is 4. The Morgan fingerprint density at radius 3 is 2.77 bits per heavy atom. The molecular weight excluding hydrogens is 230 g/mol. The molecule has 0 atom stereocenters. The molecule has 1 rings (SSSR count). The molecule has 1 aromatic rings. The predicted octanol–water partition coefficient (Wildman–Crippen LogP) is 1.74. The zero-order valence-corrected chi connectivity index (χ0v) is 9.98. The van der Waals surface area contributed by atoms with E-state index in [4.69, 9.17) is 0 Å². The summed E-state index contributed by atoms with van der Waals surface area (Å²) in [7, 11) is 1.97. The number of nitrogens with zero attached hydrogens (tertiary/aromatic N) is 2. The highest BCUT2D eigenvalue weighted by Crippen LogP contribution is 2.20. The summed E-state index contributed by atoms with van der Waals surface area (Å²) < 4.78 is 3.21. The monoisotopic (exact) mass is 245 g/mol. The molecule has 0 radical (unpaired) electrons. The van der Waals surface area contributed by atoms with E-state index in [-0.39, 0.29) is 0 Å². The molecule has 74 valence electrons. The molecule has 0 bridgehead atoms. The lowest BCUT2D eigenvalue weighted by atomic mass is 10.3. The van der Waals surface area contributed by atoms with Gasteiger partial charge < -0.3 is 5.32 Å². The first-order chi connectivity index (χ1) is 6.20. The van der Waals surface area contributed by atoms with Crippen molar-refractivity contribution in [2.45, 2.75) is 26.8 Å². The number of aromatic nitrogens is 2. The predicted molar refractivity (Wildman–Crippen MR) is 58.0 cm³/mol. The average Bonchev–Trinajstić information content (AvgIpc) is 2.40. The van der Waals surface area contributed by atoms with Gasteiger partial charge >= 0.3 is 0 Å². The Morgan fingerprint density at radius 1 is 1.54 bits per heavy atom. The van der Waals surface area contributed by atoms with Gasteiger partial charge in [0.25, 0.3) is 0 Å². The third kappa shape index (κ3) is 2.31. The summed E-state index contributed by atoms with van der Waals surface area (Å²) in [6, 6.07) is 0. The van der Waals surface area contributed by atoms with Gasteiger partial charge in [0.2, 0.25) is 0 Å². The second kappa shape index (κ2) is 4.77. The van der Waals surface area contributed by atoms with Crippen LogP contribution >= 0.6 is 15.9 Å². The van der Waals surface area contributed by atoms with Gasteiger partial charge in [-0.05, 0) is 36.8 Å². The van der Waals surface area contributed by atoms with Crippen molar-refractivity contribution < 1.29 is 0 Å². The minimum absolute atomic E-state index is 0.936. The highest BCUT2D eigenvalue weighted by Gasteiger charge is 2.10. The molecular formula is C9H16BrN3. The molecule has 0 fully saturated rings. The van der Waals surface area contributed by atoms with Gasteiger partial charge in [0.05, 0.1) is 15.9 Å². The van der Waals surface area contributed by atoms with Crippen molar-refractivity contribution in [1.29, 1.82) is 0 Å². The van der Waals surface area contributed by atoms with Gasteiger partial charge in [-0.3, -0.25) is 4.68 Å². The summed E-state index contributed by atoms with van der Waals surface area (Å²) >= 11 is 3.56. The first-order valence-electron chi connectivity index (χ1n) is 4.57. The Bertz CT molecular complexity index is 281. The molecule has 0 spiro atoms. The average molecular weight is 246 g/mol. The lowest BCUT2D eigenvalue weighted by Gasteiger charge is -2.04. The normalized spacial score (nSPS) is 10.8. The summed E-state index contributed by atoms with van der Waals surface area (Å²) in [6.07, 6.45) is 1.02. The fraction of sp³-hybridized carbons (Fsp3) is 0.667. The number of likely N-dealkylation sites (N-methyl/N-ethyl adjacent to an activating group) is 1. The van der Waals surface area contributed by atoms with Crippen LogP contribution in [-0.4, -0.2) is 23.4 Å². The second-order valence-corrected chi connectivity index (χ2v) is 3.81. The van der Waals surface area contributed by atoms with E-state index in [2.05, 4.69) is 38.0 Å². The van der Waals surface area contributed by atoms with Crippen LogP contribution in [0.15, 0.2) is 4.47 Å². The molecule has 0 aliphatic rings. The van der Waals surface area contributed by atoms with Gasteiger partial charge in [0.15, 0.2) is 0 Å². The Balaban J connectivity index is 2.88. The van der Waals surface area contributed by atoms with Crippen molar-refractivity contribution in [2.24, 2.45) is 0 Å².